The van der Waals surface area contributed by atoms with Gasteiger partial charge >= 0.3 is 6.09 Å². The summed E-state index contributed by atoms with van der Waals surface area (Å²) in [6.07, 6.45) is 2.30. The van der Waals surface area contributed by atoms with Crippen LogP contribution in [-0.2, 0) is 22.4 Å². The van der Waals surface area contributed by atoms with Crippen LogP contribution in [0.2, 0.25) is 0 Å². The smallest absolute Gasteiger partial charge is 0.410 e. The van der Waals surface area contributed by atoms with Gasteiger partial charge in [-0.25, -0.2) is 9.48 Å². The van der Waals surface area contributed by atoms with Crippen LogP contribution < -0.4 is 0 Å². The van der Waals surface area contributed by atoms with Crippen LogP contribution in [0.15, 0.2) is 36.9 Å². The first kappa shape index (κ1) is 23.1. The number of hydrogen-bond donors (Lipinski definition) is 0. The lowest BCUT2D eigenvalue weighted by Gasteiger charge is -2.38. The number of carbonyl (C=O) groups is 2. The van der Waals surface area contributed by atoms with Crippen LogP contribution in [0.1, 0.15) is 69.1 Å². The summed E-state index contributed by atoms with van der Waals surface area (Å²) in [4.78, 5) is 29.1. The molecule has 2 aliphatic heterocycles. The van der Waals surface area contributed by atoms with E-state index in [4.69, 9.17) is 9.84 Å². The van der Waals surface area contributed by atoms with E-state index in [1.165, 1.54) is 11.6 Å². The molecule has 0 N–H and O–H groups in total. The minimum Gasteiger partial charge on any atom is -0.444 e. The Balaban J connectivity index is 1.76. The lowest BCUT2D eigenvalue weighted by atomic mass is 9.96. The molecule has 0 saturated carbocycles. The Bertz CT molecular complexity index is 1060. The quantitative estimate of drug-likeness (QED) is 0.650. The molecule has 7 nitrogen and oxygen atoms in total. The van der Waals surface area contributed by atoms with Gasteiger partial charge in [-0.2, -0.15) is 5.10 Å². The first-order valence-corrected chi connectivity index (χ1v) is 11.7. The summed E-state index contributed by atoms with van der Waals surface area (Å²) in [5.41, 5.74) is 4.82. The lowest BCUT2D eigenvalue weighted by Crippen LogP contribution is -2.47. The standard InChI is InChI=1S/C26H34N4O3/c1-7-23(31)28-14-12-20-24-21(30(27-20)19-10-8-18(9-11-19)17(2)3)13-15-29(22(24)16-28)25(32)33-26(4,5)6/h7-11,17,22H,1,12-16H2,2-6H3/t22-/m1/s1. The monoisotopic (exact) mass is 450 g/mol. The Hall–Kier alpha value is -3.09. The van der Waals surface area contributed by atoms with Gasteiger partial charge < -0.3 is 9.64 Å². The molecule has 33 heavy (non-hydrogen) atoms. The highest BCUT2D eigenvalue weighted by molar-refractivity contribution is 5.87. The van der Waals surface area contributed by atoms with E-state index in [9.17, 15) is 9.59 Å². The number of rotatable bonds is 3. The zero-order valence-electron chi connectivity index (χ0n) is 20.3. The van der Waals surface area contributed by atoms with Gasteiger partial charge in [0.15, 0.2) is 0 Å². The van der Waals surface area contributed by atoms with Gasteiger partial charge in [0.1, 0.15) is 5.60 Å². The molecule has 2 aromatic rings. The Morgan fingerprint density at radius 1 is 1.15 bits per heavy atom. The van der Waals surface area contributed by atoms with E-state index in [0.29, 0.717) is 38.4 Å². The predicted octanol–water partition coefficient (Wildman–Crippen LogP) is 4.40. The summed E-state index contributed by atoms with van der Waals surface area (Å²) in [6.45, 7) is 15.1. The molecule has 3 heterocycles. The summed E-state index contributed by atoms with van der Waals surface area (Å²) in [5, 5.41) is 4.98. The summed E-state index contributed by atoms with van der Waals surface area (Å²) in [7, 11) is 0. The van der Waals surface area contributed by atoms with Gasteiger partial charge in [0.25, 0.3) is 0 Å². The number of hydrogen-bond acceptors (Lipinski definition) is 4. The van der Waals surface area contributed by atoms with Gasteiger partial charge in [0.05, 0.1) is 23.1 Å². The third-order valence-corrected chi connectivity index (χ3v) is 6.33. The van der Waals surface area contributed by atoms with Crippen molar-refractivity contribution in [1.29, 1.82) is 0 Å². The van der Waals surface area contributed by atoms with Crippen molar-refractivity contribution >= 4 is 12.0 Å². The Morgan fingerprint density at radius 3 is 2.45 bits per heavy atom. The molecule has 0 fully saturated rings. The lowest BCUT2D eigenvalue weighted by molar-refractivity contribution is -0.126. The summed E-state index contributed by atoms with van der Waals surface area (Å²) < 4.78 is 7.74. The van der Waals surface area contributed by atoms with E-state index in [1.54, 1.807) is 9.80 Å². The molecule has 0 saturated heterocycles. The molecular weight excluding hydrogens is 416 g/mol. The molecule has 1 aromatic carbocycles. The summed E-state index contributed by atoms with van der Waals surface area (Å²) in [5.74, 6) is 0.334. The molecular formula is C26H34N4O3. The van der Waals surface area contributed by atoms with Crippen LogP contribution in [0, 0.1) is 0 Å². The van der Waals surface area contributed by atoms with Crippen LogP contribution in [-0.4, -0.2) is 56.8 Å². The molecule has 2 amide bonds. The first-order valence-electron chi connectivity index (χ1n) is 11.7. The molecule has 0 bridgehead atoms. The molecule has 1 atom stereocenters. The molecule has 2 aliphatic rings. The van der Waals surface area contributed by atoms with Gasteiger partial charge in [0.2, 0.25) is 5.91 Å². The minimum atomic E-state index is -0.593. The number of aromatic nitrogens is 2. The van der Waals surface area contributed by atoms with E-state index in [-0.39, 0.29) is 18.0 Å². The maximum absolute atomic E-state index is 13.1. The zero-order chi connectivity index (χ0) is 23.9. The second kappa shape index (κ2) is 8.69. The fraction of sp³-hybridized carbons (Fsp3) is 0.500. The molecule has 0 radical (unpaired) electrons. The first-order chi connectivity index (χ1) is 15.6. The average molecular weight is 451 g/mol. The van der Waals surface area contributed by atoms with Gasteiger partial charge in [-0.15, -0.1) is 0 Å². The van der Waals surface area contributed by atoms with Crippen molar-refractivity contribution < 1.29 is 14.3 Å². The maximum Gasteiger partial charge on any atom is 0.410 e. The number of carbonyl (C=O) groups excluding carboxylic acids is 2. The van der Waals surface area contributed by atoms with Gasteiger partial charge in [-0.05, 0) is 50.5 Å². The van der Waals surface area contributed by atoms with E-state index >= 15 is 0 Å². The van der Waals surface area contributed by atoms with E-state index in [1.807, 2.05) is 25.5 Å². The number of ether oxygens (including phenoxy) is 1. The van der Waals surface area contributed by atoms with Gasteiger partial charge in [-0.3, -0.25) is 9.69 Å². The van der Waals surface area contributed by atoms with Crippen LogP contribution in [0.3, 0.4) is 0 Å². The maximum atomic E-state index is 13.1. The Kier molecular flexibility index (Phi) is 6.08. The zero-order valence-corrected chi connectivity index (χ0v) is 20.3. The highest BCUT2D eigenvalue weighted by Gasteiger charge is 2.41. The largest absolute Gasteiger partial charge is 0.444 e. The number of benzene rings is 1. The Labute approximate surface area is 196 Å². The molecule has 1 aromatic heterocycles. The van der Waals surface area contributed by atoms with Crippen LogP contribution in [0.25, 0.3) is 5.69 Å². The highest BCUT2D eigenvalue weighted by atomic mass is 16.6. The number of amides is 2. The Morgan fingerprint density at radius 2 is 1.85 bits per heavy atom. The van der Waals surface area contributed by atoms with Crippen molar-refractivity contribution in [1.82, 2.24) is 19.6 Å². The van der Waals surface area contributed by atoms with Crippen molar-refractivity contribution in [2.75, 3.05) is 19.6 Å². The molecule has 7 heteroatoms. The van der Waals surface area contributed by atoms with E-state index in [0.717, 1.165) is 22.6 Å². The number of nitrogens with zero attached hydrogens (tertiary/aromatic N) is 4. The third kappa shape index (κ3) is 4.54. The van der Waals surface area contributed by atoms with Crippen molar-refractivity contribution in [2.45, 2.75) is 65.0 Å². The second-order valence-electron chi connectivity index (χ2n) is 10.1. The molecule has 0 aliphatic carbocycles. The highest BCUT2D eigenvalue weighted by Crippen LogP contribution is 2.37. The van der Waals surface area contributed by atoms with E-state index < -0.39 is 5.60 Å². The fourth-order valence-electron chi connectivity index (χ4n) is 4.68. The van der Waals surface area contributed by atoms with Crippen molar-refractivity contribution in [3.8, 4) is 5.69 Å². The molecule has 0 spiro atoms. The minimum absolute atomic E-state index is 0.131. The van der Waals surface area contributed by atoms with Crippen molar-refractivity contribution in [3.63, 3.8) is 0 Å². The van der Waals surface area contributed by atoms with Crippen molar-refractivity contribution in [3.05, 3.63) is 59.4 Å². The molecule has 176 valence electrons. The fourth-order valence-corrected chi connectivity index (χ4v) is 4.68. The van der Waals surface area contributed by atoms with Crippen LogP contribution in [0.5, 0.6) is 0 Å². The molecule has 4 rings (SSSR count). The predicted molar refractivity (Wildman–Crippen MR) is 128 cm³/mol. The van der Waals surface area contributed by atoms with Crippen LogP contribution in [0.4, 0.5) is 4.79 Å². The summed E-state index contributed by atoms with van der Waals surface area (Å²) in [6, 6.07) is 8.23. The topological polar surface area (TPSA) is 67.7 Å². The third-order valence-electron chi connectivity index (χ3n) is 6.33. The summed E-state index contributed by atoms with van der Waals surface area (Å²) >= 11 is 0. The SMILES string of the molecule is C=CC(=O)N1CCc2nn(-c3ccc(C(C)C)cc3)c3c2[C@@H](C1)N(C(=O)OC(C)(C)C)CC3. The molecule has 0 unspecified atom stereocenters. The second-order valence-corrected chi connectivity index (χ2v) is 10.1. The van der Waals surface area contributed by atoms with E-state index in [2.05, 4.69) is 44.7 Å². The van der Waals surface area contributed by atoms with Crippen molar-refractivity contribution in [2.24, 2.45) is 0 Å². The van der Waals surface area contributed by atoms with Crippen LogP contribution >= 0.6 is 0 Å². The average Bonchev–Trinajstić information content (AvgIpc) is 3.02. The van der Waals surface area contributed by atoms with Gasteiger partial charge in [-0.1, -0.05) is 32.6 Å². The van der Waals surface area contributed by atoms with Gasteiger partial charge in [0, 0.05) is 38.0 Å². The normalized spacial score (nSPS) is 18.1.